The van der Waals surface area contributed by atoms with E-state index in [1.807, 2.05) is 0 Å². The molecule has 0 radical (unpaired) electrons. The van der Waals surface area contributed by atoms with Crippen molar-refractivity contribution in [1.29, 1.82) is 0 Å². The van der Waals surface area contributed by atoms with Gasteiger partial charge in [0.15, 0.2) is 5.96 Å². The van der Waals surface area contributed by atoms with Crippen LogP contribution in [0.3, 0.4) is 0 Å². The lowest BCUT2D eigenvalue weighted by molar-refractivity contribution is 0.242. The minimum absolute atomic E-state index is 0.367. The first-order chi connectivity index (χ1) is 12.2. The van der Waals surface area contributed by atoms with Gasteiger partial charge >= 0.3 is 0 Å². The average molecular weight is 350 g/mol. The Morgan fingerprint density at radius 2 is 2.04 bits per heavy atom. The van der Waals surface area contributed by atoms with E-state index >= 15 is 0 Å². The summed E-state index contributed by atoms with van der Waals surface area (Å²) >= 11 is 0. The highest BCUT2D eigenvalue weighted by Gasteiger charge is 2.30. The molecule has 0 aromatic heterocycles. The monoisotopic (exact) mass is 350 g/mol. The van der Waals surface area contributed by atoms with E-state index in [4.69, 9.17) is 0 Å². The van der Waals surface area contributed by atoms with E-state index in [0.717, 1.165) is 37.6 Å². The summed E-state index contributed by atoms with van der Waals surface area (Å²) in [4.78, 5) is 6.85. The molecule has 0 spiro atoms. The minimum Gasteiger partial charge on any atom is -0.356 e. The summed E-state index contributed by atoms with van der Waals surface area (Å²) in [6.07, 6.45) is 6.93. The number of aliphatic imine (C=N–C) groups is 1. The van der Waals surface area contributed by atoms with Crippen LogP contribution in [0.25, 0.3) is 0 Å². The van der Waals surface area contributed by atoms with Crippen molar-refractivity contribution < 1.29 is 8.78 Å². The Labute approximate surface area is 148 Å². The lowest BCUT2D eigenvalue weighted by Gasteiger charge is -2.24. The van der Waals surface area contributed by atoms with E-state index < -0.39 is 5.82 Å². The van der Waals surface area contributed by atoms with Gasteiger partial charge in [-0.05, 0) is 49.4 Å². The first-order valence-corrected chi connectivity index (χ1v) is 9.31. The van der Waals surface area contributed by atoms with Crippen molar-refractivity contribution in [1.82, 2.24) is 15.5 Å². The van der Waals surface area contributed by atoms with Gasteiger partial charge < -0.3 is 10.6 Å². The number of guanidine groups is 1. The third-order valence-electron chi connectivity index (χ3n) is 5.32. The maximum atomic E-state index is 13.6. The van der Waals surface area contributed by atoms with Gasteiger partial charge in [-0.2, -0.15) is 0 Å². The highest BCUT2D eigenvalue weighted by Crippen LogP contribution is 2.26. The molecular weight excluding hydrogens is 322 g/mol. The smallest absolute Gasteiger partial charge is 0.191 e. The zero-order valence-corrected chi connectivity index (χ0v) is 14.9. The van der Waals surface area contributed by atoms with Crippen LogP contribution in [0.2, 0.25) is 0 Å². The number of nitrogens with zero attached hydrogens (tertiary/aromatic N) is 2. The molecule has 2 aliphatic rings. The summed E-state index contributed by atoms with van der Waals surface area (Å²) in [6.45, 7) is 2.72. The third-order valence-corrected chi connectivity index (χ3v) is 5.32. The van der Waals surface area contributed by atoms with Crippen LogP contribution in [-0.2, 0) is 6.42 Å². The van der Waals surface area contributed by atoms with Crippen LogP contribution in [0.1, 0.15) is 37.7 Å². The molecule has 1 aromatic rings. The summed E-state index contributed by atoms with van der Waals surface area (Å²) in [6, 6.07) is 4.73. The van der Waals surface area contributed by atoms with Gasteiger partial charge in [0.2, 0.25) is 0 Å². The molecule has 138 valence electrons. The van der Waals surface area contributed by atoms with Gasteiger partial charge in [0, 0.05) is 38.8 Å². The van der Waals surface area contributed by atoms with Crippen LogP contribution >= 0.6 is 0 Å². The second-order valence-electron chi connectivity index (χ2n) is 7.05. The molecule has 0 amide bonds. The van der Waals surface area contributed by atoms with E-state index in [1.54, 1.807) is 7.05 Å². The standard InChI is InChI=1S/C19H28F2N4/c1-22-19(23-10-8-14-12-15(20)6-7-18(14)21)24-16-9-11-25(13-16)17-4-2-3-5-17/h6-7,12,16-17H,2-5,8-11,13H2,1H3,(H2,22,23,24). The number of benzene rings is 1. The minimum atomic E-state index is -0.406. The first-order valence-electron chi connectivity index (χ1n) is 9.31. The molecule has 3 rings (SSSR count). The molecule has 6 heteroatoms. The molecule has 1 aromatic carbocycles. The fourth-order valence-electron chi connectivity index (χ4n) is 3.94. The molecule has 4 nitrogen and oxygen atoms in total. The molecule has 0 bridgehead atoms. The van der Waals surface area contributed by atoms with Crippen LogP contribution in [-0.4, -0.2) is 49.6 Å². The maximum Gasteiger partial charge on any atom is 0.191 e. The highest BCUT2D eigenvalue weighted by molar-refractivity contribution is 5.80. The van der Waals surface area contributed by atoms with Crippen LogP contribution < -0.4 is 10.6 Å². The van der Waals surface area contributed by atoms with Crippen molar-refractivity contribution in [2.45, 2.75) is 50.6 Å². The molecule has 2 N–H and O–H groups in total. The predicted octanol–water partition coefficient (Wildman–Crippen LogP) is 2.69. The number of halogens is 2. The molecule has 1 atom stereocenters. The van der Waals surface area contributed by atoms with E-state index in [9.17, 15) is 8.78 Å². The zero-order chi connectivity index (χ0) is 17.6. The van der Waals surface area contributed by atoms with Crippen molar-refractivity contribution in [3.05, 3.63) is 35.4 Å². The second kappa shape index (κ2) is 8.61. The quantitative estimate of drug-likeness (QED) is 0.634. The largest absolute Gasteiger partial charge is 0.356 e. The van der Waals surface area contributed by atoms with Crippen molar-refractivity contribution in [3.8, 4) is 0 Å². The van der Waals surface area contributed by atoms with Gasteiger partial charge in [0.1, 0.15) is 11.6 Å². The van der Waals surface area contributed by atoms with Crippen LogP contribution in [0.15, 0.2) is 23.2 Å². The second-order valence-corrected chi connectivity index (χ2v) is 7.05. The summed E-state index contributed by atoms with van der Waals surface area (Å²) in [5, 5.41) is 6.67. The number of rotatable bonds is 5. The molecule has 2 fully saturated rings. The molecule has 1 heterocycles. The Kier molecular flexibility index (Phi) is 6.24. The van der Waals surface area contributed by atoms with Crippen molar-refractivity contribution in [2.24, 2.45) is 4.99 Å². The Bertz CT molecular complexity index is 599. The lowest BCUT2D eigenvalue weighted by Crippen LogP contribution is -2.45. The van der Waals surface area contributed by atoms with Gasteiger partial charge in [0.05, 0.1) is 0 Å². The van der Waals surface area contributed by atoms with Crippen molar-refractivity contribution in [3.63, 3.8) is 0 Å². The Morgan fingerprint density at radius 1 is 1.24 bits per heavy atom. The van der Waals surface area contributed by atoms with E-state index in [-0.39, 0.29) is 5.82 Å². The van der Waals surface area contributed by atoms with Crippen LogP contribution in [0.5, 0.6) is 0 Å². The third kappa shape index (κ3) is 4.91. The lowest BCUT2D eigenvalue weighted by atomic mass is 10.1. The molecule has 1 aliphatic heterocycles. The average Bonchev–Trinajstić information content (AvgIpc) is 3.28. The Morgan fingerprint density at radius 3 is 2.80 bits per heavy atom. The molecule has 1 saturated heterocycles. The Hall–Kier alpha value is -1.69. The summed E-state index contributed by atoms with van der Waals surface area (Å²) in [5.74, 6) is -0.0407. The summed E-state index contributed by atoms with van der Waals surface area (Å²) in [7, 11) is 1.74. The fraction of sp³-hybridized carbons (Fsp3) is 0.632. The summed E-state index contributed by atoms with van der Waals surface area (Å²) in [5.41, 5.74) is 0.385. The van der Waals surface area contributed by atoms with Gasteiger partial charge in [-0.3, -0.25) is 9.89 Å². The molecule has 1 aliphatic carbocycles. The maximum absolute atomic E-state index is 13.6. The van der Waals surface area contributed by atoms with Gasteiger partial charge in [-0.15, -0.1) is 0 Å². The van der Waals surface area contributed by atoms with Crippen molar-refractivity contribution >= 4 is 5.96 Å². The number of nitrogens with one attached hydrogen (secondary N) is 2. The fourth-order valence-corrected chi connectivity index (χ4v) is 3.94. The molecular formula is C19H28F2N4. The van der Waals surface area contributed by atoms with Crippen LogP contribution in [0, 0.1) is 11.6 Å². The molecule has 1 unspecified atom stereocenters. The number of hydrogen-bond donors (Lipinski definition) is 2. The molecule has 1 saturated carbocycles. The van der Waals surface area contributed by atoms with E-state index in [1.165, 1.54) is 37.8 Å². The van der Waals surface area contributed by atoms with Gasteiger partial charge in [0.25, 0.3) is 0 Å². The topological polar surface area (TPSA) is 39.7 Å². The molecule has 25 heavy (non-hydrogen) atoms. The van der Waals surface area contributed by atoms with Gasteiger partial charge in [-0.1, -0.05) is 12.8 Å². The summed E-state index contributed by atoms with van der Waals surface area (Å²) < 4.78 is 26.9. The van der Waals surface area contributed by atoms with E-state index in [2.05, 4.69) is 20.5 Å². The first kappa shape index (κ1) is 18.1. The Balaban J connectivity index is 1.43. The normalized spacial score (nSPS) is 22.5. The zero-order valence-electron chi connectivity index (χ0n) is 14.9. The van der Waals surface area contributed by atoms with Gasteiger partial charge in [-0.25, -0.2) is 8.78 Å². The predicted molar refractivity (Wildman–Crippen MR) is 96.8 cm³/mol. The highest BCUT2D eigenvalue weighted by atomic mass is 19.1. The number of likely N-dealkylation sites (tertiary alicyclic amines) is 1. The number of hydrogen-bond acceptors (Lipinski definition) is 2. The van der Waals surface area contributed by atoms with Crippen molar-refractivity contribution in [2.75, 3.05) is 26.7 Å². The SMILES string of the molecule is CN=C(NCCc1cc(F)ccc1F)NC1CCN(C2CCCC2)C1. The van der Waals surface area contributed by atoms with Crippen LogP contribution in [0.4, 0.5) is 8.78 Å². The van der Waals surface area contributed by atoms with E-state index in [0.29, 0.717) is 24.6 Å².